The molecule has 1 unspecified atom stereocenters. The number of anilines is 1. The molecular formula is C24H25N3O4. The van der Waals surface area contributed by atoms with Gasteiger partial charge in [-0.05, 0) is 42.0 Å². The van der Waals surface area contributed by atoms with Crippen molar-refractivity contribution in [2.75, 3.05) is 38.2 Å². The predicted molar refractivity (Wildman–Crippen MR) is 117 cm³/mol. The number of morpholine rings is 1. The number of hydrogen-bond donors (Lipinski definition) is 2. The van der Waals surface area contributed by atoms with Gasteiger partial charge in [0.15, 0.2) is 5.76 Å². The van der Waals surface area contributed by atoms with E-state index in [0.717, 1.165) is 25.2 Å². The van der Waals surface area contributed by atoms with E-state index >= 15 is 0 Å². The van der Waals surface area contributed by atoms with Gasteiger partial charge in [-0.3, -0.25) is 14.5 Å². The fourth-order valence-electron chi connectivity index (χ4n) is 3.51. The van der Waals surface area contributed by atoms with Crippen LogP contribution in [0.5, 0.6) is 0 Å². The van der Waals surface area contributed by atoms with E-state index in [4.69, 9.17) is 9.15 Å². The van der Waals surface area contributed by atoms with Gasteiger partial charge in [-0.25, -0.2) is 0 Å². The number of carbonyl (C=O) groups is 2. The highest BCUT2D eigenvalue weighted by Gasteiger charge is 2.21. The van der Waals surface area contributed by atoms with Gasteiger partial charge < -0.3 is 19.8 Å². The van der Waals surface area contributed by atoms with Gasteiger partial charge in [-0.2, -0.15) is 0 Å². The summed E-state index contributed by atoms with van der Waals surface area (Å²) in [5.41, 5.74) is 2.18. The second-order valence-electron chi connectivity index (χ2n) is 7.36. The molecule has 0 spiro atoms. The third kappa shape index (κ3) is 5.59. The maximum atomic E-state index is 12.9. The van der Waals surface area contributed by atoms with E-state index in [0.29, 0.717) is 24.5 Å². The van der Waals surface area contributed by atoms with Crippen molar-refractivity contribution >= 4 is 17.5 Å². The number of rotatable bonds is 7. The van der Waals surface area contributed by atoms with Gasteiger partial charge in [0.2, 0.25) is 0 Å². The minimum absolute atomic E-state index is 0.134. The van der Waals surface area contributed by atoms with Crippen LogP contribution in [-0.2, 0) is 4.74 Å². The molecule has 0 saturated carbocycles. The summed E-state index contributed by atoms with van der Waals surface area (Å²) < 4.78 is 10.5. The molecule has 1 fully saturated rings. The standard InChI is InChI=1S/C24H25N3O4/c28-23(19-8-10-20(11-9-19)25-24(29)22-7-4-14-31-22)26-21(18-5-2-1-3-6-18)17-27-12-15-30-16-13-27/h1-11,14,21H,12-13,15-17H2,(H,25,29)(H,26,28). The third-order valence-corrected chi connectivity index (χ3v) is 5.20. The largest absolute Gasteiger partial charge is 0.459 e. The summed E-state index contributed by atoms with van der Waals surface area (Å²) in [7, 11) is 0. The van der Waals surface area contributed by atoms with Crippen molar-refractivity contribution in [3.63, 3.8) is 0 Å². The quantitative estimate of drug-likeness (QED) is 0.614. The van der Waals surface area contributed by atoms with Crippen molar-refractivity contribution in [2.24, 2.45) is 0 Å². The summed E-state index contributed by atoms with van der Waals surface area (Å²) in [6, 6.07) is 19.9. The molecule has 0 aliphatic carbocycles. The first-order valence-corrected chi connectivity index (χ1v) is 10.3. The van der Waals surface area contributed by atoms with Gasteiger partial charge in [0, 0.05) is 30.9 Å². The maximum absolute atomic E-state index is 12.9. The van der Waals surface area contributed by atoms with Crippen LogP contribution in [0.3, 0.4) is 0 Å². The van der Waals surface area contributed by atoms with E-state index in [9.17, 15) is 9.59 Å². The number of carbonyl (C=O) groups excluding carboxylic acids is 2. The van der Waals surface area contributed by atoms with Gasteiger partial charge in [0.05, 0.1) is 25.5 Å². The lowest BCUT2D eigenvalue weighted by atomic mass is 10.1. The van der Waals surface area contributed by atoms with E-state index < -0.39 is 0 Å². The molecule has 1 saturated heterocycles. The molecule has 160 valence electrons. The summed E-state index contributed by atoms with van der Waals surface area (Å²) in [4.78, 5) is 27.3. The molecule has 1 atom stereocenters. The van der Waals surface area contributed by atoms with Crippen LogP contribution < -0.4 is 10.6 Å². The fourth-order valence-corrected chi connectivity index (χ4v) is 3.51. The van der Waals surface area contributed by atoms with Crippen LogP contribution in [0.4, 0.5) is 5.69 Å². The number of nitrogens with one attached hydrogen (secondary N) is 2. The molecule has 3 aromatic rings. The molecule has 2 N–H and O–H groups in total. The topological polar surface area (TPSA) is 83.8 Å². The maximum Gasteiger partial charge on any atom is 0.291 e. The van der Waals surface area contributed by atoms with Crippen LogP contribution in [0.25, 0.3) is 0 Å². The van der Waals surface area contributed by atoms with E-state index in [2.05, 4.69) is 15.5 Å². The van der Waals surface area contributed by atoms with Crippen LogP contribution in [0.1, 0.15) is 32.5 Å². The monoisotopic (exact) mass is 419 g/mol. The Balaban J connectivity index is 1.42. The van der Waals surface area contributed by atoms with Gasteiger partial charge in [-0.15, -0.1) is 0 Å². The van der Waals surface area contributed by atoms with Crippen LogP contribution in [0.2, 0.25) is 0 Å². The smallest absolute Gasteiger partial charge is 0.291 e. The summed E-state index contributed by atoms with van der Waals surface area (Å²) >= 11 is 0. The Morgan fingerprint density at radius 2 is 1.65 bits per heavy atom. The molecular weight excluding hydrogens is 394 g/mol. The Hall–Kier alpha value is -3.42. The second kappa shape index (κ2) is 10.1. The molecule has 0 radical (unpaired) electrons. The Morgan fingerprint density at radius 1 is 0.903 bits per heavy atom. The fraction of sp³-hybridized carbons (Fsp3) is 0.250. The molecule has 31 heavy (non-hydrogen) atoms. The van der Waals surface area contributed by atoms with Gasteiger partial charge in [0.25, 0.3) is 11.8 Å². The Labute approximate surface area is 181 Å². The van der Waals surface area contributed by atoms with Crippen molar-refractivity contribution in [3.8, 4) is 0 Å². The van der Waals surface area contributed by atoms with Crippen molar-refractivity contribution in [1.29, 1.82) is 0 Å². The molecule has 7 heteroatoms. The van der Waals surface area contributed by atoms with Crippen molar-refractivity contribution in [3.05, 3.63) is 89.9 Å². The minimum atomic E-state index is -0.336. The van der Waals surface area contributed by atoms with E-state index in [1.807, 2.05) is 30.3 Å². The highest BCUT2D eigenvalue weighted by atomic mass is 16.5. The lowest BCUT2D eigenvalue weighted by Gasteiger charge is -2.31. The Kier molecular flexibility index (Phi) is 6.76. The lowest BCUT2D eigenvalue weighted by molar-refractivity contribution is 0.0332. The summed E-state index contributed by atoms with van der Waals surface area (Å²) in [6.45, 7) is 3.84. The number of hydrogen-bond acceptors (Lipinski definition) is 5. The SMILES string of the molecule is O=C(NC(CN1CCOCC1)c1ccccc1)c1ccc(NC(=O)c2ccco2)cc1. The number of amides is 2. The van der Waals surface area contributed by atoms with Crippen LogP contribution in [0, 0.1) is 0 Å². The van der Waals surface area contributed by atoms with Gasteiger partial charge >= 0.3 is 0 Å². The first kappa shape index (κ1) is 20.8. The zero-order valence-electron chi connectivity index (χ0n) is 17.1. The molecule has 1 aliphatic rings. The number of ether oxygens (including phenoxy) is 1. The molecule has 7 nitrogen and oxygen atoms in total. The van der Waals surface area contributed by atoms with Crippen molar-refractivity contribution in [2.45, 2.75) is 6.04 Å². The molecule has 1 aliphatic heterocycles. The van der Waals surface area contributed by atoms with Crippen LogP contribution in [-0.4, -0.2) is 49.6 Å². The molecule has 2 aromatic carbocycles. The van der Waals surface area contributed by atoms with Crippen molar-refractivity contribution < 1.29 is 18.7 Å². The van der Waals surface area contributed by atoms with E-state index in [1.165, 1.54) is 6.26 Å². The van der Waals surface area contributed by atoms with E-state index in [-0.39, 0.29) is 23.6 Å². The van der Waals surface area contributed by atoms with Crippen molar-refractivity contribution in [1.82, 2.24) is 10.2 Å². The number of furan rings is 1. The molecule has 4 rings (SSSR count). The normalized spacial score (nSPS) is 15.2. The Morgan fingerprint density at radius 3 is 2.32 bits per heavy atom. The van der Waals surface area contributed by atoms with Gasteiger partial charge in [-0.1, -0.05) is 30.3 Å². The van der Waals surface area contributed by atoms with Crippen LogP contribution in [0.15, 0.2) is 77.4 Å². The third-order valence-electron chi connectivity index (χ3n) is 5.20. The molecule has 2 amide bonds. The molecule has 2 heterocycles. The number of benzene rings is 2. The highest BCUT2D eigenvalue weighted by Crippen LogP contribution is 2.17. The van der Waals surface area contributed by atoms with Crippen LogP contribution >= 0.6 is 0 Å². The first-order valence-electron chi connectivity index (χ1n) is 10.3. The lowest BCUT2D eigenvalue weighted by Crippen LogP contribution is -2.43. The summed E-state index contributed by atoms with van der Waals surface area (Å²) in [6.07, 6.45) is 1.45. The zero-order chi connectivity index (χ0) is 21.5. The van der Waals surface area contributed by atoms with Gasteiger partial charge in [0.1, 0.15) is 0 Å². The Bertz CT molecular complexity index is 981. The summed E-state index contributed by atoms with van der Waals surface area (Å²) in [5.74, 6) is -0.265. The zero-order valence-corrected chi connectivity index (χ0v) is 17.1. The first-order chi connectivity index (χ1) is 15.2. The average Bonchev–Trinajstić information content (AvgIpc) is 3.36. The summed E-state index contributed by atoms with van der Waals surface area (Å²) in [5, 5.41) is 5.90. The molecule has 1 aromatic heterocycles. The second-order valence-corrected chi connectivity index (χ2v) is 7.36. The number of nitrogens with zero attached hydrogens (tertiary/aromatic N) is 1. The average molecular weight is 419 g/mol. The predicted octanol–water partition coefficient (Wildman–Crippen LogP) is 3.34. The van der Waals surface area contributed by atoms with E-state index in [1.54, 1.807) is 36.4 Å². The minimum Gasteiger partial charge on any atom is -0.459 e. The highest BCUT2D eigenvalue weighted by molar-refractivity contribution is 6.02. The molecule has 0 bridgehead atoms.